The van der Waals surface area contributed by atoms with Crippen LogP contribution in [0.1, 0.15) is 13.8 Å². The number of hydrogen-bond donors (Lipinski definition) is 1. The molecule has 1 rings (SSSR count). The molecule has 1 N–H and O–H groups in total. The topological polar surface area (TPSA) is 57.2 Å². The molecule has 0 aliphatic carbocycles. The van der Waals surface area contributed by atoms with Gasteiger partial charge in [-0.3, -0.25) is 14.7 Å². The zero-order valence-electron chi connectivity index (χ0n) is 14.7. The molecular weight excluding hydrogens is 325 g/mol. The smallest absolute Gasteiger partial charge is 0.401 e. The Labute approximate surface area is 141 Å². The van der Waals surface area contributed by atoms with Crippen LogP contribution in [-0.4, -0.2) is 81.3 Å². The van der Waals surface area contributed by atoms with E-state index in [1.165, 1.54) is 19.1 Å². The molecule has 1 aliphatic heterocycles. The largest absolute Gasteiger partial charge is 0.469 e. The third-order valence-corrected chi connectivity index (χ3v) is 3.94. The number of methoxy groups -OCH3 is 1. The Morgan fingerprint density at radius 2 is 2.08 bits per heavy atom. The molecule has 6 nitrogen and oxygen atoms in total. The van der Waals surface area contributed by atoms with E-state index < -0.39 is 12.7 Å². The molecule has 0 aromatic rings. The molecule has 0 bridgehead atoms. The van der Waals surface area contributed by atoms with E-state index in [1.54, 1.807) is 0 Å². The SMILES string of the molecule is CCNC(=NCCN(C)CC(F)(F)F)N1CC(C)C(C(=O)OC)C1. The minimum atomic E-state index is -4.21. The molecule has 24 heavy (non-hydrogen) atoms. The van der Waals surface area contributed by atoms with E-state index in [9.17, 15) is 18.0 Å². The number of likely N-dealkylation sites (N-methyl/N-ethyl adjacent to an activating group) is 1. The molecule has 1 aliphatic rings. The van der Waals surface area contributed by atoms with Crippen molar-refractivity contribution in [1.82, 2.24) is 15.1 Å². The Morgan fingerprint density at radius 1 is 1.42 bits per heavy atom. The van der Waals surface area contributed by atoms with E-state index >= 15 is 0 Å². The van der Waals surface area contributed by atoms with Crippen molar-refractivity contribution in [3.63, 3.8) is 0 Å². The van der Waals surface area contributed by atoms with Gasteiger partial charge >= 0.3 is 12.1 Å². The number of likely N-dealkylation sites (tertiary alicyclic amines) is 1. The van der Waals surface area contributed by atoms with Gasteiger partial charge in [-0.25, -0.2) is 0 Å². The van der Waals surface area contributed by atoms with Crippen molar-refractivity contribution in [3.8, 4) is 0 Å². The minimum Gasteiger partial charge on any atom is -0.469 e. The van der Waals surface area contributed by atoms with Crippen molar-refractivity contribution in [1.29, 1.82) is 0 Å². The van der Waals surface area contributed by atoms with Gasteiger partial charge in [-0.15, -0.1) is 0 Å². The van der Waals surface area contributed by atoms with Crippen molar-refractivity contribution in [2.45, 2.75) is 20.0 Å². The molecule has 9 heteroatoms. The highest BCUT2D eigenvalue weighted by Gasteiger charge is 2.36. The maximum absolute atomic E-state index is 12.3. The molecule has 0 aromatic heterocycles. The monoisotopic (exact) mass is 352 g/mol. The van der Waals surface area contributed by atoms with Crippen LogP contribution in [0.4, 0.5) is 13.2 Å². The highest BCUT2D eigenvalue weighted by Crippen LogP contribution is 2.24. The number of nitrogens with one attached hydrogen (secondary N) is 1. The summed E-state index contributed by atoms with van der Waals surface area (Å²) < 4.78 is 41.7. The Kier molecular flexibility index (Phi) is 7.78. The molecule has 1 fully saturated rings. The summed E-state index contributed by atoms with van der Waals surface area (Å²) in [5.41, 5.74) is 0. The van der Waals surface area contributed by atoms with E-state index in [1.807, 2.05) is 18.7 Å². The van der Waals surface area contributed by atoms with Crippen LogP contribution in [-0.2, 0) is 9.53 Å². The fraction of sp³-hybridized carbons (Fsp3) is 0.867. The first-order valence-corrected chi connectivity index (χ1v) is 8.04. The zero-order valence-corrected chi connectivity index (χ0v) is 14.7. The lowest BCUT2D eigenvalue weighted by molar-refractivity contribution is -0.146. The molecule has 0 radical (unpaired) electrons. The fourth-order valence-electron chi connectivity index (χ4n) is 2.74. The maximum atomic E-state index is 12.3. The van der Waals surface area contributed by atoms with Crippen molar-refractivity contribution in [2.75, 3.05) is 53.4 Å². The van der Waals surface area contributed by atoms with Gasteiger partial charge in [0, 0.05) is 26.2 Å². The third kappa shape index (κ3) is 6.54. The number of ether oxygens (including phenoxy) is 1. The van der Waals surface area contributed by atoms with Crippen molar-refractivity contribution >= 4 is 11.9 Å². The molecule has 2 atom stereocenters. The second-order valence-corrected chi connectivity index (χ2v) is 6.10. The molecule has 1 heterocycles. The number of hydrogen-bond acceptors (Lipinski definition) is 4. The quantitative estimate of drug-likeness (QED) is 0.442. The number of rotatable bonds is 6. The van der Waals surface area contributed by atoms with Crippen molar-refractivity contribution in [2.24, 2.45) is 16.8 Å². The number of esters is 1. The maximum Gasteiger partial charge on any atom is 0.401 e. The molecule has 0 aromatic carbocycles. The molecule has 140 valence electrons. The van der Waals surface area contributed by atoms with Crippen LogP contribution in [0.25, 0.3) is 0 Å². The summed E-state index contributed by atoms with van der Waals surface area (Å²) >= 11 is 0. The third-order valence-electron chi connectivity index (χ3n) is 3.94. The van der Waals surface area contributed by atoms with Crippen LogP contribution in [0.5, 0.6) is 0 Å². The zero-order chi connectivity index (χ0) is 18.3. The average molecular weight is 352 g/mol. The first-order chi connectivity index (χ1) is 11.2. The predicted octanol–water partition coefficient (Wildman–Crippen LogP) is 1.19. The van der Waals surface area contributed by atoms with Gasteiger partial charge in [0.2, 0.25) is 0 Å². The van der Waals surface area contributed by atoms with Crippen molar-refractivity contribution in [3.05, 3.63) is 0 Å². The molecule has 1 saturated heterocycles. The normalized spacial score (nSPS) is 22.2. The average Bonchev–Trinajstić information content (AvgIpc) is 2.85. The van der Waals surface area contributed by atoms with Gasteiger partial charge in [-0.05, 0) is 19.9 Å². The highest BCUT2D eigenvalue weighted by molar-refractivity contribution is 5.82. The Hall–Kier alpha value is -1.51. The minimum absolute atomic E-state index is 0.134. The molecular formula is C15H27F3N4O2. The van der Waals surface area contributed by atoms with E-state index in [0.717, 1.165) is 0 Å². The standard InChI is InChI=1S/C15H27F3N4O2/c1-5-19-14(20-6-7-21(3)10-15(16,17)18)22-8-11(2)12(9-22)13(23)24-4/h11-12H,5-10H2,1-4H3,(H,19,20). The summed E-state index contributed by atoms with van der Waals surface area (Å²) in [7, 11) is 2.79. The fourth-order valence-corrected chi connectivity index (χ4v) is 2.74. The van der Waals surface area contributed by atoms with Crippen LogP contribution in [0.2, 0.25) is 0 Å². The number of carbonyl (C=O) groups excluding carboxylic acids is 1. The number of aliphatic imine (C=N–C) groups is 1. The van der Waals surface area contributed by atoms with Crippen LogP contribution in [0.15, 0.2) is 4.99 Å². The van der Waals surface area contributed by atoms with E-state index in [2.05, 4.69) is 10.3 Å². The van der Waals surface area contributed by atoms with E-state index in [4.69, 9.17) is 4.74 Å². The second kappa shape index (κ2) is 9.10. The number of carbonyl (C=O) groups is 1. The first-order valence-electron chi connectivity index (χ1n) is 8.04. The summed E-state index contributed by atoms with van der Waals surface area (Å²) in [4.78, 5) is 19.3. The van der Waals surface area contributed by atoms with Crippen LogP contribution >= 0.6 is 0 Å². The Bertz CT molecular complexity index is 443. The van der Waals surface area contributed by atoms with Gasteiger partial charge in [0.15, 0.2) is 5.96 Å². The molecule has 0 spiro atoms. The molecule has 2 unspecified atom stereocenters. The Morgan fingerprint density at radius 3 is 2.62 bits per heavy atom. The van der Waals surface area contributed by atoms with Gasteiger partial charge in [0.05, 0.1) is 26.1 Å². The van der Waals surface area contributed by atoms with Gasteiger partial charge in [-0.2, -0.15) is 13.2 Å². The second-order valence-electron chi connectivity index (χ2n) is 6.10. The predicted molar refractivity (Wildman–Crippen MR) is 85.8 cm³/mol. The highest BCUT2D eigenvalue weighted by atomic mass is 19.4. The summed E-state index contributed by atoms with van der Waals surface area (Å²) in [5, 5.41) is 3.13. The lowest BCUT2D eigenvalue weighted by Gasteiger charge is -2.22. The Balaban J connectivity index is 2.62. The van der Waals surface area contributed by atoms with E-state index in [0.29, 0.717) is 25.6 Å². The number of alkyl halides is 3. The van der Waals surface area contributed by atoms with Crippen LogP contribution in [0.3, 0.4) is 0 Å². The van der Waals surface area contributed by atoms with Crippen LogP contribution in [0, 0.1) is 11.8 Å². The number of guanidine groups is 1. The summed E-state index contributed by atoms with van der Waals surface area (Å²) in [6.45, 7) is 5.20. The summed E-state index contributed by atoms with van der Waals surface area (Å²) in [5.74, 6) is 0.294. The van der Waals surface area contributed by atoms with Gasteiger partial charge in [0.1, 0.15) is 0 Å². The molecule has 0 saturated carbocycles. The van der Waals surface area contributed by atoms with Gasteiger partial charge in [0.25, 0.3) is 0 Å². The number of nitrogens with zero attached hydrogens (tertiary/aromatic N) is 3. The lowest BCUT2D eigenvalue weighted by atomic mass is 9.99. The van der Waals surface area contributed by atoms with E-state index in [-0.39, 0.29) is 30.9 Å². The number of halogens is 3. The lowest BCUT2D eigenvalue weighted by Crippen LogP contribution is -2.41. The van der Waals surface area contributed by atoms with Crippen LogP contribution < -0.4 is 5.32 Å². The van der Waals surface area contributed by atoms with Crippen molar-refractivity contribution < 1.29 is 22.7 Å². The van der Waals surface area contributed by atoms with Gasteiger partial charge in [-0.1, -0.05) is 6.92 Å². The summed E-state index contributed by atoms with van der Waals surface area (Å²) in [6, 6.07) is 0. The van der Waals surface area contributed by atoms with Gasteiger partial charge < -0.3 is 15.0 Å². The summed E-state index contributed by atoms with van der Waals surface area (Å²) in [6.07, 6.45) is -4.21. The first kappa shape index (κ1) is 20.5. The molecule has 0 amide bonds.